The highest BCUT2D eigenvalue weighted by Crippen LogP contribution is 2.12. The number of piperidine rings is 1. The molecule has 0 spiro atoms. The quantitative estimate of drug-likeness (QED) is 0.853. The van der Waals surface area contributed by atoms with E-state index < -0.39 is 0 Å². The molecule has 0 amide bonds. The summed E-state index contributed by atoms with van der Waals surface area (Å²) in [5, 5.41) is 3.43. The van der Waals surface area contributed by atoms with Gasteiger partial charge in [-0.2, -0.15) is 0 Å². The van der Waals surface area contributed by atoms with Gasteiger partial charge in [-0.1, -0.05) is 0 Å². The summed E-state index contributed by atoms with van der Waals surface area (Å²) < 4.78 is 18.3. The Morgan fingerprint density at radius 1 is 1.37 bits per heavy atom. The van der Waals surface area contributed by atoms with Crippen molar-refractivity contribution in [2.75, 3.05) is 39.8 Å². The third kappa shape index (κ3) is 5.17. The van der Waals surface area contributed by atoms with Crippen molar-refractivity contribution in [3.63, 3.8) is 0 Å². The fourth-order valence-electron chi connectivity index (χ4n) is 2.46. The van der Waals surface area contributed by atoms with Gasteiger partial charge in [0, 0.05) is 13.1 Å². The highest BCUT2D eigenvalue weighted by atomic mass is 19.1. The van der Waals surface area contributed by atoms with Gasteiger partial charge in [0.15, 0.2) is 0 Å². The number of rotatable bonds is 6. The lowest BCUT2D eigenvalue weighted by Crippen LogP contribution is -2.38. The van der Waals surface area contributed by atoms with Gasteiger partial charge in [-0.25, -0.2) is 4.39 Å². The van der Waals surface area contributed by atoms with E-state index in [0.717, 1.165) is 37.8 Å². The molecule has 106 valence electrons. The molecule has 3 nitrogen and oxygen atoms in total. The van der Waals surface area contributed by atoms with Gasteiger partial charge in [0.25, 0.3) is 0 Å². The molecule has 1 fully saturated rings. The second kappa shape index (κ2) is 7.46. The number of hydrogen-bond donors (Lipinski definition) is 1. The van der Waals surface area contributed by atoms with E-state index in [4.69, 9.17) is 4.74 Å². The van der Waals surface area contributed by atoms with Crippen LogP contribution in [0.1, 0.15) is 12.8 Å². The summed E-state index contributed by atoms with van der Waals surface area (Å²) in [5.41, 5.74) is 0. The van der Waals surface area contributed by atoms with E-state index in [9.17, 15) is 4.39 Å². The lowest BCUT2D eigenvalue weighted by Gasteiger charge is -2.27. The first kappa shape index (κ1) is 14.3. The number of ether oxygens (including phenoxy) is 1. The minimum absolute atomic E-state index is 0.228. The van der Waals surface area contributed by atoms with E-state index in [1.807, 2.05) is 0 Å². The van der Waals surface area contributed by atoms with Crippen LogP contribution in [0.5, 0.6) is 5.75 Å². The average Bonchev–Trinajstić information content (AvgIpc) is 2.42. The monoisotopic (exact) mass is 266 g/mol. The SMILES string of the molecule is CN(CCOc1ccc(F)cc1)CC1CCCNC1. The van der Waals surface area contributed by atoms with E-state index >= 15 is 0 Å². The van der Waals surface area contributed by atoms with Crippen molar-refractivity contribution < 1.29 is 9.13 Å². The Hall–Kier alpha value is -1.13. The van der Waals surface area contributed by atoms with E-state index in [-0.39, 0.29) is 5.82 Å². The van der Waals surface area contributed by atoms with Crippen LogP contribution in [0, 0.1) is 11.7 Å². The summed E-state index contributed by atoms with van der Waals surface area (Å²) in [6.45, 7) is 4.94. The van der Waals surface area contributed by atoms with Crippen LogP contribution in [0.15, 0.2) is 24.3 Å². The highest BCUT2D eigenvalue weighted by molar-refractivity contribution is 5.21. The molecular formula is C15H23FN2O. The number of likely N-dealkylation sites (N-methyl/N-ethyl adjacent to an activating group) is 1. The molecule has 1 aliphatic rings. The van der Waals surface area contributed by atoms with Crippen LogP contribution in [-0.2, 0) is 0 Å². The van der Waals surface area contributed by atoms with Gasteiger partial charge in [0.2, 0.25) is 0 Å². The molecule has 0 aliphatic carbocycles. The molecular weight excluding hydrogens is 243 g/mol. The summed E-state index contributed by atoms with van der Waals surface area (Å²) >= 11 is 0. The van der Waals surface area contributed by atoms with Gasteiger partial charge in [0.05, 0.1) is 0 Å². The topological polar surface area (TPSA) is 24.5 Å². The van der Waals surface area contributed by atoms with Crippen molar-refractivity contribution >= 4 is 0 Å². The first-order valence-corrected chi connectivity index (χ1v) is 7.01. The maximum atomic E-state index is 12.7. The smallest absolute Gasteiger partial charge is 0.123 e. The second-order valence-corrected chi connectivity index (χ2v) is 5.28. The number of nitrogens with one attached hydrogen (secondary N) is 1. The molecule has 1 atom stereocenters. The Kier molecular flexibility index (Phi) is 5.61. The summed E-state index contributed by atoms with van der Waals surface area (Å²) in [6, 6.07) is 6.18. The van der Waals surface area contributed by atoms with E-state index in [2.05, 4.69) is 17.3 Å². The average molecular weight is 266 g/mol. The molecule has 0 bridgehead atoms. The van der Waals surface area contributed by atoms with Crippen LogP contribution in [0.4, 0.5) is 4.39 Å². The Labute approximate surface area is 114 Å². The molecule has 1 aromatic carbocycles. The molecule has 1 saturated heterocycles. The summed E-state index contributed by atoms with van der Waals surface area (Å²) in [4.78, 5) is 2.31. The third-order valence-corrected chi connectivity index (χ3v) is 3.52. The van der Waals surface area contributed by atoms with Crippen molar-refractivity contribution in [2.24, 2.45) is 5.92 Å². The Balaban J connectivity index is 1.63. The van der Waals surface area contributed by atoms with E-state index in [0.29, 0.717) is 6.61 Å². The second-order valence-electron chi connectivity index (χ2n) is 5.28. The lowest BCUT2D eigenvalue weighted by atomic mass is 9.99. The van der Waals surface area contributed by atoms with E-state index in [1.54, 1.807) is 12.1 Å². The van der Waals surface area contributed by atoms with Gasteiger partial charge in [0.1, 0.15) is 18.2 Å². The molecule has 1 heterocycles. The van der Waals surface area contributed by atoms with Crippen LogP contribution in [0.25, 0.3) is 0 Å². The zero-order chi connectivity index (χ0) is 13.5. The molecule has 19 heavy (non-hydrogen) atoms. The van der Waals surface area contributed by atoms with Crippen molar-refractivity contribution in [3.8, 4) is 5.75 Å². The minimum Gasteiger partial charge on any atom is -0.492 e. The van der Waals surface area contributed by atoms with Gasteiger partial charge in [-0.3, -0.25) is 0 Å². The molecule has 2 rings (SSSR count). The molecule has 1 aromatic rings. The fraction of sp³-hybridized carbons (Fsp3) is 0.600. The van der Waals surface area contributed by atoms with Gasteiger partial charge in [-0.05, 0) is 63.2 Å². The largest absolute Gasteiger partial charge is 0.492 e. The fourth-order valence-corrected chi connectivity index (χ4v) is 2.46. The van der Waals surface area contributed by atoms with Crippen LogP contribution in [0.2, 0.25) is 0 Å². The summed E-state index contributed by atoms with van der Waals surface area (Å²) in [5.74, 6) is 1.26. The van der Waals surface area contributed by atoms with Gasteiger partial charge < -0.3 is 15.0 Å². The first-order valence-electron chi connectivity index (χ1n) is 7.01. The number of benzene rings is 1. The third-order valence-electron chi connectivity index (χ3n) is 3.52. The first-order chi connectivity index (χ1) is 9.24. The predicted molar refractivity (Wildman–Crippen MR) is 75.0 cm³/mol. The number of halogens is 1. The van der Waals surface area contributed by atoms with Gasteiger partial charge >= 0.3 is 0 Å². The van der Waals surface area contributed by atoms with Crippen LogP contribution >= 0.6 is 0 Å². The molecule has 1 N–H and O–H groups in total. The Bertz CT molecular complexity index is 363. The van der Waals surface area contributed by atoms with Gasteiger partial charge in [-0.15, -0.1) is 0 Å². The lowest BCUT2D eigenvalue weighted by molar-refractivity contribution is 0.200. The minimum atomic E-state index is -0.228. The summed E-state index contributed by atoms with van der Waals surface area (Å²) in [6.07, 6.45) is 2.60. The van der Waals surface area contributed by atoms with Crippen LogP contribution < -0.4 is 10.1 Å². The van der Waals surface area contributed by atoms with E-state index in [1.165, 1.54) is 25.0 Å². The Morgan fingerprint density at radius 3 is 2.84 bits per heavy atom. The molecule has 1 aliphatic heterocycles. The van der Waals surface area contributed by atoms with Crippen LogP contribution in [0.3, 0.4) is 0 Å². The molecule has 0 radical (unpaired) electrons. The maximum Gasteiger partial charge on any atom is 0.123 e. The van der Waals surface area contributed by atoms with Crippen molar-refractivity contribution in [2.45, 2.75) is 12.8 Å². The highest BCUT2D eigenvalue weighted by Gasteiger charge is 2.14. The van der Waals surface area contributed by atoms with Crippen molar-refractivity contribution in [1.29, 1.82) is 0 Å². The molecule has 4 heteroatoms. The molecule has 0 aromatic heterocycles. The standard InChI is InChI=1S/C15H23FN2O/c1-18(12-13-3-2-8-17-11-13)9-10-19-15-6-4-14(16)5-7-15/h4-7,13,17H,2-3,8-12H2,1H3. The molecule has 1 unspecified atom stereocenters. The number of nitrogens with zero attached hydrogens (tertiary/aromatic N) is 1. The zero-order valence-electron chi connectivity index (χ0n) is 11.6. The normalized spacial score (nSPS) is 19.6. The van der Waals surface area contributed by atoms with Crippen molar-refractivity contribution in [3.05, 3.63) is 30.1 Å². The van der Waals surface area contributed by atoms with Crippen LogP contribution in [-0.4, -0.2) is 44.7 Å². The maximum absolute atomic E-state index is 12.7. The Morgan fingerprint density at radius 2 is 2.16 bits per heavy atom. The predicted octanol–water partition coefficient (Wildman–Crippen LogP) is 2.14. The van der Waals surface area contributed by atoms with Crippen molar-refractivity contribution in [1.82, 2.24) is 10.2 Å². The summed E-state index contributed by atoms with van der Waals surface area (Å²) in [7, 11) is 2.13. The molecule has 0 saturated carbocycles. The number of hydrogen-bond acceptors (Lipinski definition) is 3. The zero-order valence-corrected chi connectivity index (χ0v) is 11.6.